The van der Waals surface area contributed by atoms with Gasteiger partial charge in [0, 0.05) is 29.5 Å². The van der Waals surface area contributed by atoms with Crippen molar-refractivity contribution in [2.24, 2.45) is 0 Å². The highest BCUT2D eigenvalue weighted by molar-refractivity contribution is 7.97. The molecule has 1 aromatic heterocycles. The van der Waals surface area contributed by atoms with Crippen LogP contribution in [0.3, 0.4) is 0 Å². The summed E-state index contributed by atoms with van der Waals surface area (Å²) in [5, 5.41) is 4.09. The Morgan fingerprint density at radius 3 is 2.38 bits per heavy atom. The molecule has 0 aliphatic carbocycles. The number of anilines is 1. The molecule has 0 amide bonds. The Labute approximate surface area is 146 Å². The molecule has 0 unspecified atom stereocenters. The SMILES string of the molecule is CC(C)(F)c1ccc(SN2CCC(C)(c3cc(N)on3)CC2)cc1. The summed E-state index contributed by atoms with van der Waals surface area (Å²) in [6.07, 6.45) is 2.00. The van der Waals surface area contributed by atoms with E-state index in [9.17, 15) is 4.39 Å². The van der Waals surface area contributed by atoms with E-state index in [4.69, 9.17) is 10.3 Å². The number of alkyl halides is 1. The summed E-state index contributed by atoms with van der Waals surface area (Å²) in [6.45, 7) is 7.30. The third-order valence-corrected chi connectivity index (χ3v) is 5.85. The lowest BCUT2D eigenvalue weighted by Gasteiger charge is -2.37. The first-order valence-corrected chi connectivity index (χ1v) is 8.99. The zero-order chi connectivity index (χ0) is 17.4. The van der Waals surface area contributed by atoms with Gasteiger partial charge in [-0.05, 0) is 56.3 Å². The highest BCUT2D eigenvalue weighted by Crippen LogP contribution is 2.38. The number of hydrogen-bond acceptors (Lipinski definition) is 5. The number of benzene rings is 1. The second-order valence-electron chi connectivity index (χ2n) is 7.19. The average Bonchev–Trinajstić information content (AvgIpc) is 2.97. The van der Waals surface area contributed by atoms with Crippen LogP contribution >= 0.6 is 11.9 Å². The minimum absolute atomic E-state index is 0.0142. The third-order valence-electron chi connectivity index (χ3n) is 4.75. The van der Waals surface area contributed by atoms with Gasteiger partial charge in [0.1, 0.15) is 5.67 Å². The van der Waals surface area contributed by atoms with Gasteiger partial charge in [-0.2, -0.15) is 0 Å². The summed E-state index contributed by atoms with van der Waals surface area (Å²) in [5.41, 5.74) is 6.02. The molecule has 6 heteroatoms. The first-order valence-electron chi connectivity index (χ1n) is 8.21. The van der Waals surface area contributed by atoms with E-state index >= 15 is 0 Å². The molecule has 1 aliphatic rings. The van der Waals surface area contributed by atoms with Gasteiger partial charge in [-0.3, -0.25) is 0 Å². The fourth-order valence-corrected chi connectivity index (χ4v) is 3.88. The molecule has 1 fully saturated rings. The zero-order valence-electron chi connectivity index (χ0n) is 14.4. The van der Waals surface area contributed by atoms with Crippen molar-refractivity contribution < 1.29 is 8.91 Å². The molecule has 4 nitrogen and oxygen atoms in total. The minimum Gasteiger partial charge on any atom is -0.368 e. The molecule has 1 aromatic carbocycles. The molecule has 2 aromatic rings. The maximum Gasteiger partial charge on any atom is 0.222 e. The van der Waals surface area contributed by atoms with Gasteiger partial charge in [-0.1, -0.05) is 24.2 Å². The molecular formula is C18H24FN3OS. The summed E-state index contributed by atoms with van der Waals surface area (Å²) < 4.78 is 21.3. The molecule has 3 rings (SSSR count). The summed E-state index contributed by atoms with van der Waals surface area (Å²) >= 11 is 1.73. The second-order valence-corrected chi connectivity index (χ2v) is 8.36. The predicted octanol–water partition coefficient (Wildman–Crippen LogP) is 4.52. The van der Waals surface area contributed by atoms with Crippen molar-refractivity contribution in [1.29, 1.82) is 0 Å². The van der Waals surface area contributed by atoms with Crippen LogP contribution in [0.4, 0.5) is 10.3 Å². The van der Waals surface area contributed by atoms with Crippen LogP contribution in [-0.4, -0.2) is 22.6 Å². The number of nitrogens with two attached hydrogens (primary N) is 1. The van der Waals surface area contributed by atoms with E-state index < -0.39 is 5.67 Å². The van der Waals surface area contributed by atoms with Crippen molar-refractivity contribution in [3.63, 3.8) is 0 Å². The van der Waals surface area contributed by atoms with Gasteiger partial charge in [0.25, 0.3) is 0 Å². The average molecular weight is 349 g/mol. The van der Waals surface area contributed by atoms with Crippen LogP contribution in [0.25, 0.3) is 0 Å². The van der Waals surface area contributed by atoms with Gasteiger partial charge in [0.15, 0.2) is 0 Å². The highest BCUT2D eigenvalue weighted by Gasteiger charge is 2.34. The molecule has 130 valence electrons. The van der Waals surface area contributed by atoms with Gasteiger partial charge in [-0.15, -0.1) is 0 Å². The van der Waals surface area contributed by atoms with E-state index in [0.29, 0.717) is 11.4 Å². The molecule has 0 bridgehead atoms. The van der Waals surface area contributed by atoms with Crippen molar-refractivity contribution in [1.82, 2.24) is 9.46 Å². The zero-order valence-corrected chi connectivity index (χ0v) is 15.2. The van der Waals surface area contributed by atoms with Gasteiger partial charge in [0.2, 0.25) is 5.88 Å². The van der Waals surface area contributed by atoms with Gasteiger partial charge in [-0.25, -0.2) is 8.70 Å². The number of piperidine rings is 1. The fourth-order valence-electron chi connectivity index (χ4n) is 2.96. The maximum atomic E-state index is 13.9. The molecule has 2 N–H and O–H groups in total. The molecule has 2 heterocycles. The molecule has 1 saturated heterocycles. The Balaban J connectivity index is 1.59. The fraction of sp³-hybridized carbons (Fsp3) is 0.500. The van der Waals surface area contributed by atoms with Crippen molar-refractivity contribution in [2.45, 2.75) is 49.6 Å². The highest BCUT2D eigenvalue weighted by atomic mass is 32.2. The molecule has 0 spiro atoms. The number of nitrogen functional groups attached to an aromatic ring is 1. The lowest BCUT2D eigenvalue weighted by atomic mass is 9.78. The quantitative estimate of drug-likeness (QED) is 0.822. The van der Waals surface area contributed by atoms with E-state index in [0.717, 1.165) is 36.5 Å². The van der Waals surface area contributed by atoms with Crippen LogP contribution in [0.1, 0.15) is 44.9 Å². The lowest BCUT2D eigenvalue weighted by Crippen LogP contribution is -2.37. The van der Waals surface area contributed by atoms with E-state index in [2.05, 4.69) is 16.4 Å². The molecular weight excluding hydrogens is 325 g/mol. The minimum atomic E-state index is -1.30. The van der Waals surface area contributed by atoms with Crippen molar-refractivity contribution in [2.75, 3.05) is 18.8 Å². The number of halogens is 1. The number of hydrogen-bond donors (Lipinski definition) is 1. The third kappa shape index (κ3) is 3.75. The van der Waals surface area contributed by atoms with Crippen LogP contribution in [0.5, 0.6) is 0 Å². The van der Waals surface area contributed by atoms with Crippen molar-refractivity contribution >= 4 is 17.8 Å². The molecule has 1 aliphatic heterocycles. The standard InChI is InChI=1S/C18H24FN3OS/c1-17(2,19)13-4-6-14(7-5-13)24-22-10-8-18(3,9-11-22)15-12-16(20)23-21-15/h4-7,12H,8-11,20H2,1-3H3. The Kier molecular flexibility index (Phi) is 4.62. The second kappa shape index (κ2) is 6.41. The van der Waals surface area contributed by atoms with Crippen LogP contribution in [0.15, 0.2) is 39.8 Å². The normalized spacial score (nSPS) is 18.7. The van der Waals surface area contributed by atoms with Crippen LogP contribution in [0.2, 0.25) is 0 Å². The smallest absolute Gasteiger partial charge is 0.222 e. The lowest BCUT2D eigenvalue weighted by molar-refractivity contribution is 0.221. The largest absolute Gasteiger partial charge is 0.368 e. The topological polar surface area (TPSA) is 55.3 Å². The molecule has 0 radical (unpaired) electrons. The number of nitrogens with zero attached hydrogens (tertiary/aromatic N) is 2. The van der Waals surface area contributed by atoms with E-state index in [-0.39, 0.29) is 5.41 Å². The number of rotatable bonds is 4. The Morgan fingerprint density at radius 1 is 1.25 bits per heavy atom. The summed E-state index contributed by atoms with van der Waals surface area (Å²) in [6, 6.07) is 9.56. The Morgan fingerprint density at radius 2 is 1.88 bits per heavy atom. The summed E-state index contributed by atoms with van der Waals surface area (Å²) in [4.78, 5) is 1.14. The Bertz CT molecular complexity index is 685. The summed E-state index contributed by atoms with van der Waals surface area (Å²) in [7, 11) is 0. The number of aromatic nitrogens is 1. The maximum absolute atomic E-state index is 13.9. The monoisotopic (exact) mass is 349 g/mol. The van der Waals surface area contributed by atoms with Gasteiger partial charge < -0.3 is 10.3 Å². The van der Waals surface area contributed by atoms with Crippen LogP contribution in [0, 0.1) is 0 Å². The molecule has 0 atom stereocenters. The van der Waals surface area contributed by atoms with E-state index in [1.165, 1.54) is 0 Å². The summed E-state index contributed by atoms with van der Waals surface area (Å²) in [5.74, 6) is 0.374. The van der Waals surface area contributed by atoms with Gasteiger partial charge >= 0.3 is 0 Å². The van der Waals surface area contributed by atoms with E-state index in [1.807, 2.05) is 30.3 Å². The molecule has 0 saturated carbocycles. The van der Waals surface area contributed by atoms with Crippen molar-refractivity contribution in [3.8, 4) is 0 Å². The molecule has 24 heavy (non-hydrogen) atoms. The van der Waals surface area contributed by atoms with Crippen LogP contribution < -0.4 is 5.73 Å². The van der Waals surface area contributed by atoms with E-state index in [1.54, 1.807) is 25.8 Å². The first kappa shape index (κ1) is 17.3. The van der Waals surface area contributed by atoms with Crippen molar-refractivity contribution in [3.05, 3.63) is 41.6 Å². The van der Waals surface area contributed by atoms with Crippen LogP contribution in [-0.2, 0) is 11.1 Å². The predicted molar refractivity (Wildman–Crippen MR) is 95.5 cm³/mol. The first-order chi connectivity index (χ1) is 11.3. The Hall–Kier alpha value is -1.53. The van der Waals surface area contributed by atoms with Gasteiger partial charge in [0.05, 0.1) is 5.69 Å².